The molecule has 0 unspecified atom stereocenters. The molecule has 0 fully saturated rings. The first-order chi connectivity index (χ1) is 14.6. The minimum absolute atomic E-state index is 0.121. The number of carbonyl (C=O) groups is 1. The molecule has 0 aliphatic carbocycles. The molecule has 0 aliphatic heterocycles. The molecule has 0 atom stereocenters. The van der Waals surface area contributed by atoms with E-state index in [1.54, 1.807) is 31.9 Å². The number of nitrogens with zero attached hydrogens (tertiary/aromatic N) is 3. The Kier molecular flexibility index (Phi) is 6.33. The van der Waals surface area contributed by atoms with Gasteiger partial charge in [0, 0.05) is 30.4 Å². The van der Waals surface area contributed by atoms with E-state index in [0.717, 1.165) is 28.2 Å². The Morgan fingerprint density at radius 3 is 2.35 bits per heavy atom. The maximum Gasteiger partial charge on any atom is 0.253 e. The molecule has 0 bridgehead atoms. The van der Waals surface area contributed by atoms with Gasteiger partial charge in [-0.15, -0.1) is 0 Å². The fourth-order valence-corrected chi connectivity index (χ4v) is 4.66. The van der Waals surface area contributed by atoms with Crippen molar-refractivity contribution in [2.24, 2.45) is 0 Å². The molecule has 1 aromatic heterocycles. The number of amides is 1. The lowest BCUT2D eigenvalue weighted by atomic mass is 10.0. The molecule has 3 rings (SSSR count). The zero-order valence-corrected chi connectivity index (χ0v) is 19.5. The molecular formula is C23H28N4O3S. The van der Waals surface area contributed by atoms with E-state index in [1.165, 1.54) is 13.1 Å². The molecule has 3 aromatic rings. The summed E-state index contributed by atoms with van der Waals surface area (Å²) in [5.41, 5.74) is 5.44. The van der Waals surface area contributed by atoms with Crippen LogP contribution in [0.3, 0.4) is 0 Å². The smallest absolute Gasteiger partial charge is 0.253 e. The summed E-state index contributed by atoms with van der Waals surface area (Å²) in [6.45, 7) is 7.81. The second-order valence-electron chi connectivity index (χ2n) is 7.68. The molecule has 1 N–H and O–H groups in total. The molecule has 7 nitrogen and oxygen atoms in total. The van der Waals surface area contributed by atoms with Gasteiger partial charge in [-0.1, -0.05) is 18.2 Å². The molecule has 31 heavy (non-hydrogen) atoms. The van der Waals surface area contributed by atoms with Crippen molar-refractivity contribution in [2.75, 3.05) is 14.1 Å². The summed E-state index contributed by atoms with van der Waals surface area (Å²) in [6, 6.07) is 13.0. The quantitative estimate of drug-likeness (QED) is 0.638. The van der Waals surface area contributed by atoms with E-state index >= 15 is 0 Å². The molecular weight excluding hydrogens is 412 g/mol. The van der Waals surface area contributed by atoms with Crippen molar-refractivity contribution >= 4 is 15.9 Å². The zero-order chi connectivity index (χ0) is 22.9. The van der Waals surface area contributed by atoms with E-state index < -0.39 is 10.0 Å². The normalized spacial score (nSPS) is 11.5. The predicted molar refractivity (Wildman–Crippen MR) is 121 cm³/mol. The van der Waals surface area contributed by atoms with E-state index in [2.05, 4.69) is 9.82 Å². The van der Waals surface area contributed by atoms with Gasteiger partial charge in [-0.2, -0.15) is 5.10 Å². The number of para-hydroxylation sites is 1. The van der Waals surface area contributed by atoms with E-state index in [0.29, 0.717) is 17.7 Å². The van der Waals surface area contributed by atoms with Crippen LogP contribution < -0.4 is 4.72 Å². The Bertz CT molecular complexity index is 1230. The van der Waals surface area contributed by atoms with Crippen LogP contribution in [-0.4, -0.2) is 43.1 Å². The average Bonchev–Trinajstić information content (AvgIpc) is 3.03. The highest BCUT2D eigenvalue weighted by atomic mass is 32.2. The number of nitrogens with one attached hydrogen (secondary N) is 1. The number of aromatic nitrogens is 2. The van der Waals surface area contributed by atoms with Crippen LogP contribution in [0.1, 0.15) is 38.4 Å². The maximum absolute atomic E-state index is 13.2. The van der Waals surface area contributed by atoms with Crippen LogP contribution in [0, 0.1) is 27.7 Å². The maximum atomic E-state index is 13.2. The fourth-order valence-electron chi connectivity index (χ4n) is 3.59. The largest absolute Gasteiger partial charge is 0.337 e. The Morgan fingerprint density at radius 2 is 1.74 bits per heavy atom. The van der Waals surface area contributed by atoms with Gasteiger partial charge < -0.3 is 4.90 Å². The lowest BCUT2D eigenvalue weighted by Gasteiger charge is -2.19. The average molecular weight is 441 g/mol. The van der Waals surface area contributed by atoms with Crippen molar-refractivity contribution in [1.82, 2.24) is 19.4 Å². The third-order valence-electron chi connectivity index (χ3n) is 5.61. The van der Waals surface area contributed by atoms with Crippen LogP contribution >= 0.6 is 0 Å². The third kappa shape index (κ3) is 4.40. The van der Waals surface area contributed by atoms with Crippen LogP contribution in [0.25, 0.3) is 5.69 Å². The summed E-state index contributed by atoms with van der Waals surface area (Å²) in [7, 11) is -0.594. The van der Waals surface area contributed by atoms with Crippen molar-refractivity contribution in [3.05, 3.63) is 76.1 Å². The topological polar surface area (TPSA) is 84.3 Å². The van der Waals surface area contributed by atoms with E-state index in [-0.39, 0.29) is 10.8 Å². The standard InChI is InChI=1S/C23H28N4O3S/c1-15-12-19(13-22(16(15)2)31(29,30)24-5)23(28)26(6)14-21-17(3)25-27(18(21)4)20-10-8-7-9-11-20/h7-13,24H,14H2,1-6H3. The second-order valence-corrected chi connectivity index (χ2v) is 9.54. The predicted octanol–water partition coefficient (Wildman–Crippen LogP) is 3.29. The summed E-state index contributed by atoms with van der Waals surface area (Å²) < 4.78 is 29.0. The summed E-state index contributed by atoms with van der Waals surface area (Å²) in [4.78, 5) is 14.9. The molecule has 0 aliphatic rings. The number of rotatable bonds is 6. The summed E-state index contributed by atoms with van der Waals surface area (Å²) >= 11 is 0. The van der Waals surface area contributed by atoms with Gasteiger partial charge in [0.2, 0.25) is 10.0 Å². The molecule has 0 saturated heterocycles. The minimum atomic E-state index is -3.67. The Hall–Kier alpha value is -2.97. The van der Waals surface area contributed by atoms with Crippen LogP contribution in [0.2, 0.25) is 0 Å². The lowest BCUT2D eigenvalue weighted by Crippen LogP contribution is -2.28. The van der Waals surface area contributed by atoms with Gasteiger partial charge in [0.1, 0.15) is 0 Å². The first-order valence-electron chi connectivity index (χ1n) is 9.97. The van der Waals surface area contributed by atoms with Gasteiger partial charge in [0.25, 0.3) is 5.91 Å². The Labute approximate surface area is 183 Å². The highest BCUT2D eigenvalue weighted by Gasteiger charge is 2.22. The van der Waals surface area contributed by atoms with Gasteiger partial charge in [0.05, 0.1) is 16.3 Å². The van der Waals surface area contributed by atoms with E-state index in [1.807, 2.05) is 48.9 Å². The summed E-state index contributed by atoms with van der Waals surface area (Å²) in [5.74, 6) is -0.248. The van der Waals surface area contributed by atoms with Crippen LogP contribution in [0.4, 0.5) is 0 Å². The molecule has 164 valence electrons. The van der Waals surface area contributed by atoms with Crippen molar-refractivity contribution in [3.63, 3.8) is 0 Å². The molecule has 1 amide bonds. The van der Waals surface area contributed by atoms with Gasteiger partial charge >= 0.3 is 0 Å². The van der Waals surface area contributed by atoms with Crippen LogP contribution in [-0.2, 0) is 16.6 Å². The van der Waals surface area contributed by atoms with E-state index in [9.17, 15) is 13.2 Å². The Balaban J connectivity index is 1.93. The SMILES string of the molecule is CNS(=O)(=O)c1cc(C(=O)N(C)Cc2c(C)nn(-c3ccccc3)c2C)cc(C)c1C. The third-order valence-corrected chi connectivity index (χ3v) is 7.15. The lowest BCUT2D eigenvalue weighted by molar-refractivity contribution is 0.0784. The molecule has 1 heterocycles. The van der Waals surface area contributed by atoms with Crippen molar-refractivity contribution < 1.29 is 13.2 Å². The van der Waals surface area contributed by atoms with Crippen molar-refractivity contribution in [3.8, 4) is 5.69 Å². The first kappa shape index (κ1) is 22.7. The number of sulfonamides is 1. The fraction of sp³-hybridized carbons (Fsp3) is 0.304. The van der Waals surface area contributed by atoms with Gasteiger partial charge in [-0.05, 0) is 70.1 Å². The summed E-state index contributed by atoms with van der Waals surface area (Å²) in [6.07, 6.45) is 0. The van der Waals surface area contributed by atoms with Crippen molar-refractivity contribution in [1.29, 1.82) is 0 Å². The molecule has 0 spiro atoms. The molecule has 0 saturated carbocycles. The monoisotopic (exact) mass is 440 g/mol. The molecule has 2 aromatic carbocycles. The highest BCUT2D eigenvalue weighted by molar-refractivity contribution is 7.89. The van der Waals surface area contributed by atoms with Crippen LogP contribution in [0.15, 0.2) is 47.4 Å². The van der Waals surface area contributed by atoms with Gasteiger partial charge in [-0.3, -0.25) is 4.79 Å². The zero-order valence-electron chi connectivity index (χ0n) is 18.7. The first-order valence-corrected chi connectivity index (χ1v) is 11.5. The number of hydrogen-bond acceptors (Lipinski definition) is 4. The van der Waals surface area contributed by atoms with Crippen molar-refractivity contribution in [2.45, 2.75) is 39.1 Å². The second kappa shape index (κ2) is 8.64. The summed E-state index contributed by atoms with van der Waals surface area (Å²) in [5, 5.41) is 4.64. The van der Waals surface area contributed by atoms with Gasteiger partial charge in [-0.25, -0.2) is 17.8 Å². The number of carbonyl (C=O) groups excluding carboxylic acids is 1. The Morgan fingerprint density at radius 1 is 1.10 bits per heavy atom. The number of hydrogen-bond donors (Lipinski definition) is 1. The molecule has 0 radical (unpaired) electrons. The molecule has 8 heteroatoms. The van der Waals surface area contributed by atoms with Gasteiger partial charge in [0.15, 0.2) is 0 Å². The number of benzene rings is 2. The van der Waals surface area contributed by atoms with Crippen LogP contribution in [0.5, 0.6) is 0 Å². The number of aryl methyl sites for hydroxylation is 2. The minimum Gasteiger partial charge on any atom is -0.337 e. The highest BCUT2D eigenvalue weighted by Crippen LogP contribution is 2.23. The van der Waals surface area contributed by atoms with E-state index in [4.69, 9.17) is 0 Å².